The summed E-state index contributed by atoms with van der Waals surface area (Å²) in [6, 6.07) is 17.6. The molecular weight excluding hydrogens is 332 g/mol. The fourth-order valence-electron chi connectivity index (χ4n) is 2.26. The molecule has 2 rings (SSSR count). The number of amides is 1. The van der Waals surface area contributed by atoms with Gasteiger partial charge < -0.3 is 15.4 Å². The van der Waals surface area contributed by atoms with Gasteiger partial charge in [-0.15, -0.1) is 0 Å². The minimum atomic E-state index is -0.281. The number of unbranched alkanes of at least 4 members (excludes halogenated alkanes) is 1. The Hall–Kier alpha value is -2.40. The van der Waals surface area contributed by atoms with E-state index in [9.17, 15) is 4.79 Å². The molecule has 0 heterocycles. The lowest BCUT2D eigenvalue weighted by Gasteiger charge is -2.11. The van der Waals surface area contributed by atoms with Crippen LogP contribution in [-0.2, 0) is 17.8 Å². The quantitative estimate of drug-likeness (QED) is 0.710. The van der Waals surface area contributed by atoms with Gasteiger partial charge in [0.15, 0.2) is 11.7 Å². The average Bonchev–Trinajstić information content (AvgIpc) is 2.65. The second-order valence-electron chi connectivity index (χ2n) is 5.75. The van der Waals surface area contributed by atoms with Crippen molar-refractivity contribution in [2.45, 2.75) is 32.7 Å². The number of benzene rings is 2. The van der Waals surface area contributed by atoms with Crippen molar-refractivity contribution in [3.63, 3.8) is 0 Å². The van der Waals surface area contributed by atoms with Gasteiger partial charge in [0.25, 0.3) is 5.91 Å². The van der Waals surface area contributed by atoms with Gasteiger partial charge >= 0.3 is 0 Å². The van der Waals surface area contributed by atoms with E-state index in [1.807, 2.05) is 18.2 Å². The molecule has 0 aliphatic rings. The van der Waals surface area contributed by atoms with E-state index in [1.54, 1.807) is 12.1 Å². The Labute approximate surface area is 154 Å². The molecule has 0 atom stereocenters. The summed E-state index contributed by atoms with van der Waals surface area (Å²) >= 11 is 5.14. The van der Waals surface area contributed by atoms with E-state index in [0.717, 1.165) is 12.0 Å². The first-order chi connectivity index (χ1) is 12.2. The zero-order valence-electron chi connectivity index (χ0n) is 14.5. The average molecular weight is 356 g/mol. The second-order valence-corrected chi connectivity index (χ2v) is 6.16. The first kappa shape index (κ1) is 18.9. The maximum atomic E-state index is 11.8. The van der Waals surface area contributed by atoms with E-state index >= 15 is 0 Å². The SMILES string of the molecule is CCCCc1ccc(CNC(=S)NC(=O)COc2ccccc2)cc1. The lowest BCUT2D eigenvalue weighted by Crippen LogP contribution is -2.41. The Morgan fingerprint density at radius 3 is 2.40 bits per heavy atom. The van der Waals surface area contributed by atoms with Crippen LogP contribution in [0.5, 0.6) is 5.75 Å². The van der Waals surface area contributed by atoms with Crippen LogP contribution in [-0.4, -0.2) is 17.6 Å². The van der Waals surface area contributed by atoms with Crippen LogP contribution in [0.1, 0.15) is 30.9 Å². The Morgan fingerprint density at radius 2 is 1.72 bits per heavy atom. The summed E-state index contributed by atoms with van der Waals surface area (Å²) in [5.41, 5.74) is 2.47. The molecule has 0 unspecified atom stereocenters. The lowest BCUT2D eigenvalue weighted by atomic mass is 10.1. The van der Waals surface area contributed by atoms with Crippen molar-refractivity contribution in [2.24, 2.45) is 0 Å². The molecule has 0 saturated carbocycles. The maximum absolute atomic E-state index is 11.8. The fraction of sp³-hybridized carbons (Fsp3) is 0.300. The molecule has 0 bridgehead atoms. The predicted octanol–water partition coefficient (Wildman–Crippen LogP) is 3.60. The van der Waals surface area contributed by atoms with Gasteiger partial charge in [-0.25, -0.2) is 0 Å². The van der Waals surface area contributed by atoms with Gasteiger partial charge in [0.1, 0.15) is 5.75 Å². The van der Waals surface area contributed by atoms with Crippen molar-refractivity contribution in [2.75, 3.05) is 6.61 Å². The van der Waals surface area contributed by atoms with Gasteiger partial charge in [0.05, 0.1) is 0 Å². The number of rotatable bonds is 8. The van der Waals surface area contributed by atoms with E-state index in [0.29, 0.717) is 17.4 Å². The molecule has 2 aromatic carbocycles. The predicted molar refractivity (Wildman–Crippen MR) is 105 cm³/mol. The number of hydrogen-bond acceptors (Lipinski definition) is 3. The number of aryl methyl sites for hydroxylation is 1. The first-order valence-electron chi connectivity index (χ1n) is 8.50. The molecule has 0 aromatic heterocycles. The van der Waals surface area contributed by atoms with Crippen LogP contribution in [0.3, 0.4) is 0 Å². The highest BCUT2D eigenvalue weighted by atomic mass is 32.1. The third kappa shape index (κ3) is 7.35. The molecular formula is C20H24N2O2S. The zero-order chi connectivity index (χ0) is 17.9. The van der Waals surface area contributed by atoms with Crippen molar-refractivity contribution < 1.29 is 9.53 Å². The van der Waals surface area contributed by atoms with E-state index in [-0.39, 0.29) is 12.5 Å². The van der Waals surface area contributed by atoms with Crippen LogP contribution in [0, 0.1) is 0 Å². The number of carbonyl (C=O) groups excluding carboxylic acids is 1. The normalized spacial score (nSPS) is 10.1. The summed E-state index contributed by atoms with van der Waals surface area (Å²) in [7, 11) is 0. The van der Waals surface area contributed by atoms with Crippen LogP contribution in [0.15, 0.2) is 54.6 Å². The number of para-hydroxylation sites is 1. The highest BCUT2D eigenvalue weighted by Gasteiger charge is 2.05. The molecule has 0 aliphatic heterocycles. The summed E-state index contributed by atoms with van der Waals surface area (Å²) in [6.45, 7) is 2.70. The summed E-state index contributed by atoms with van der Waals surface area (Å²) in [6.07, 6.45) is 3.52. The zero-order valence-corrected chi connectivity index (χ0v) is 15.3. The highest BCUT2D eigenvalue weighted by Crippen LogP contribution is 2.08. The van der Waals surface area contributed by atoms with Crippen molar-refractivity contribution in [3.8, 4) is 5.75 Å². The van der Waals surface area contributed by atoms with Crippen molar-refractivity contribution >= 4 is 23.2 Å². The first-order valence-corrected chi connectivity index (χ1v) is 8.91. The fourth-order valence-corrected chi connectivity index (χ4v) is 2.45. The number of ether oxygens (including phenoxy) is 1. The minimum absolute atomic E-state index is 0.0715. The van der Waals surface area contributed by atoms with Crippen LogP contribution >= 0.6 is 12.2 Å². The minimum Gasteiger partial charge on any atom is -0.484 e. The molecule has 5 heteroatoms. The molecule has 0 spiro atoms. The van der Waals surface area contributed by atoms with Gasteiger partial charge in [-0.1, -0.05) is 55.8 Å². The number of carbonyl (C=O) groups is 1. The molecule has 0 fully saturated rings. The van der Waals surface area contributed by atoms with Crippen LogP contribution in [0.2, 0.25) is 0 Å². The van der Waals surface area contributed by atoms with E-state index < -0.39 is 0 Å². The Morgan fingerprint density at radius 1 is 1.04 bits per heavy atom. The summed E-state index contributed by atoms with van der Waals surface area (Å²) in [4.78, 5) is 11.8. The van der Waals surface area contributed by atoms with Crippen LogP contribution in [0.4, 0.5) is 0 Å². The highest BCUT2D eigenvalue weighted by molar-refractivity contribution is 7.80. The third-order valence-corrected chi connectivity index (χ3v) is 3.91. The van der Waals surface area contributed by atoms with E-state index in [2.05, 4.69) is 41.8 Å². The summed E-state index contributed by atoms with van der Waals surface area (Å²) < 4.78 is 5.38. The monoisotopic (exact) mass is 356 g/mol. The van der Waals surface area contributed by atoms with Gasteiger partial charge in [0, 0.05) is 6.54 Å². The van der Waals surface area contributed by atoms with Crippen LogP contribution in [0.25, 0.3) is 0 Å². The van der Waals surface area contributed by atoms with Gasteiger partial charge in [-0.05, 0) is 48.3 Å². The van der Waals surface area contributed by atoms with Gasteiger partial charge in [-0.2, -0.15) is 0 Å². The van der Waals surface area contributed by atoms with Crippen molar-refractivity contribution in [1.29, 1.82) is 0 Å². The maximum Gasteiger partial charge on any atom is 0.264 e. The van der Waals surface area contributed by atoms with E-state index in [4.69, 9.17) is 17.0 Å². The molecule has 132 valence electrons. The molecule has 0 saturated heterocycles. The molecule has 4 nitrogen and oxygen atoms in total. The van der Waals surface area contributed by atoms with E-state index in [1.165, 1.54) is 18.4 Å². The lowest BCUT2D eigenvalue weighted by molar-refractivity contribution is -0.121. The molecule has 2 aromatic rings. The Bertz CT molecular complexity index is 672. The van der Waals surface area contributed by atoms with Crippen molar-refractivity contribution in [3.05, 3.63) is 65.7 Å². The van der Waals surface area contributed by atoms with Gasteiger partial charge in [0.2, 0.25) is 0 Å². The standard InChI is InChI=1S/C20H24N2O2S/c1-2-3-7-16-10-12-17(13-11-16)14-21-20(25)22-19(23)15-24-18-8-5-4-6-9-18/h4-6,8-13H,2-3,7,14-15H2,1H3,(H2,21,22,23,25). The van der Waals surface area contributed by atoms with Crippen molar-refractivity contribution in [1.82, 2.24) is 10.6 Å². The van der Waals surface area contributed by atoms with Crippen LogP contribution < -0.4 is 15.4 Å². The summed E-state index contributed by atoms with van der Waals surface area (Å²) in [5, 5.41) is 5.95. The molecule has 0 radical (unpaired) electrons. The summed E-state index contributed by atoms with van der Waals surface area (Å²) in [5.74, 6) is 0.371. The smallest absolute Gasteiger partial charge is 0.264 e. The second kappa shape index (κ2) is 10.5. The number of thiocarbonyl (C=S) groups is 1. The third-order valence-electron chi connectivity index (χ3n) is 3.66. The molecule has 25 heavy (non-hydrogen) atoms. The largest absolute Gasteiger partial charge is 0.484 e. The molecule has 0 aliphatic carbocycles. The topological polar surface area (TPSA) is 50.4 Å². The van der Waals surface area contributed by atoms with Gasteiger partial charge in [-0.3, -0.25) is 4.79 Å². The number of nitrogens with one attached hydrogen (secondary N) is 2. The number of hydrogen-bond donors (Lipinski definition) is 2. The Kier molecular flexibility index (Phi) is 7.92. The molecule has 2 N–H and O–H groups in total. The Balaban J connectivity index is 1.68. The molecule has 1 amide bonds.